The zero-order valence-corrected chi connectivity index (χ0v) is 10.2. The molecule has 0 heterocycles. The summed E-state index contributed by atoms with van der Waals surface area (Å²) >= 11 is 0. The predicted molar refractivity (Wildman–Crippen MR) is 65.0 cm³/mol. The Morgan fingerprint density at radius 2 is 2.00 bits per heavy atom. The molecule has 0 fully saturated rings. The lowest BCUT2D eigenvalue weighted by molar-refractivity contribution is 0.0900. The second-order valence-corrected chi connectivity index (χ2v) is 4.67. The number of nitrogens with two attached hydrogens (primary N) is 1. The van der Waals surface area contributed by atoms with Gasteiger partial charge in [-0.3, -0.25) is 4.79 Å². The monoisotopic (exact) mass is 238 g/mol. The van der Waals surface area contributed by atoms with Gasteiger partial charge >= 0.3 is 0 Å². The largest absolute Gasteiger partial charge is 0.508 e. The molecular weight excluding hydrogens is 220 g/mol. The normalized spacial score (nSPS) is 13.2. The first kappa shape index (κ1) is 13.3. The first-order valence-corrected chi connectivity index (χ1v) is 5.34. The van der Waals surface area contributed by atoms with Crippen molar-refractivity contribution in [2.75, 3.05) is 0 Å². The summed E-state index contributed by atoms with van der Waals surface area (Å²) in [4.78, 5) is 11.9. The summed E-state index contributed by atoms with van der Waals surface area (Å²) < 4.78 is 0. The van der Waals surface area contributed by atoms with Gasteiger partial charge in [0.05, 0.1) is 5.56 Å². The van der Waals surface area contributed by atoms with E-state index in [1.807, 2.05) is 0 Å². The summed E-state index contributed by atoms with van der Waals surface area (Å²) in [6.07, 6.45) is 0. The number of phenolic OH excluding ortho intramolecular Hbond substituents is 2. The number of phenols is 2. The van der Waals surface area contributed by atoms with Crippen molar-refractivity contribution in [1.82, 2.24) is 5.32 Å². The highest BCUT2D eigenvalue weighted by molar-refractivity contribution is 5.97. The fourth-order valence-electron chi connectivity index (χ4n) is 1.19. The van der Waals surface area contributed by atoms with Crippen LogP contribution in [0.15, 0.2) is 18.2 Å². The molecule has 0 aliphatic heterocycles. The molecule has 0 bridgehead atoms. The molecule has 0 saturated carbocycles. The minimum Gasteiger partial charge on any atom is -0.508 e. The summed E-state index contributed by atoms with van der Waals surface area (Å²) in [6, 6.07) is 3.59. The molecule has 1 rings (SSSR count). The first-order chi connectivity index (χ1) is 7.74. The number of amides is 1. The maximum absolute atomic E-state index is 11.9. The second kappa shape index (κ2) is 4.63. The Kier molecular flexibility index (Phi) is 3.63. The Morgan fingerprint density at radius 3 is 2.47 bits per heavy atom. The molecule has 0 saturated heterocycles. The van der Waals surface area contributed by atoms with Crippen molar-refractivity contribution in [2.24, 2.45) is 5.73 Å². The van der Waals surface area contributed by atoms with Gasteiger partial charge in [-0.1, -0.05) is 0 Å². The molecule has 5 N–H and O–H groups in total. The molecule has 0 aromatic heterocycles. The van der Waals surface area contributed by atoms with E-state index >= 15 is 0 Å². The average molecular weight is 238 g/mol. The molecular formula is C12H18N2O3. The van der Waals surface area contributed by atoms with Crippen molar-refractivity contribution in [3.63, 3.8) is 0 Å². The van der Waals surface area contributed by atoms with Crippen LogP contribution in [0, 0.1) is 0 Å². The summed E-state index contributed by atoms with van der Waals surface area (Å²) in [5.74, 6) is -0.779. The molecule has 94 valence electrons. The van der Waals surface area contributed by atoms with Gasteiger partial charge in [0.25, 0.3) is 5.91 Å². The summed E-state index contributed by atoms with van der Waals surface area (Å²) in [6.45, 7) is 5.39. The first-order valence-electron chi connectivity index (χ1n) is 5.34. The van der Waals surface area contributed by atoms with Crippen molar-refractivity contribution >= 4 is 5.91 Å². The zero-order valence-electron chi connectivity index (χ0n) is 10.2. The topological polar surface area (TPSA) is 95.6 Å². The fourth-order valence-corrected chi connectivity index (χ4v) is 1.19. The molecule has 0 aliphatic rings. The van der Waals surface area contributed by atoms with Gasteiger partial charge in [0, 0.05) is 17.6 Å². The van der Waals surface area contributed by atoms with Gasteiger partial charge < -0.3 is 21.3 Å². The third-order valence-corrected chi connectivity index (χ3v) is 2.80. The van der Waals surface area contributed by atoms with E-state index in [1.54, 1.807) is 20.8 Å². The van der Waals surface area contributed by atoms with Crippen LogP contribution in [-0.2, 0) is 0 Å². The van der Waals surface area contributed by atoms with Crippen LogP contribution in [0.4, 0.5) is 0 Å². The number of aromatic hydroxyl groups is 2. The lowest BCUT2D eigenvalue weighted by Crippen LogP contribution is -2.54. The van der Waals surface area contributed by atoms with Gasteiger partial charge in [-0.15, -0.1) is 0 Å². The molecule has 1 amide bonds. The molecule has 1 atom stereocenters. The van der Waals surface area contributed by atoms with Gasteiger partial charge in [-0.05, 0) is 32.9 Å². The number of nitrogens with one attached hydrogen (secondary N) is 1. The quantitative estimate of drug-likeness (QED) is 0.630. The Balaban J connectivity index is 2.91. The van der Waals surface area contributed by atoms with Gasteiger partial charge in [-0.2, -0.15) is 0 Å². The average Bonchev–Trinajstić information content (AvgIpc) is 2.15. The molecule has 0 radical (unpaired) electrons. The number of benzene rings is 1. The number of carbonyl (C=O) groups excluding carboxylic acids is 1. The van der Waals surface area contributed by atoms with E-state index < -0.39 is 11.4 Å². The molecule has 1 unspecified atom stereocenters. The van der Waals surface area contributed by atoms with Crippen LogP contribution in [0.5, 0.6) is 11.5 Å². The van der Waals surface area contributed by atoms with E-state index in [2.05, 4.69) is 5.32 Å². The molecule has 5 nitrogen and oxygen atoms in total. The van der Waals surface area contributed by atoms with Gasteiger partial charge in [0.2, 0.25) is 0 Å². The maximum Gasteiger partial charge on any atom is 0.255 e. The standard InChI is InChI=1S/C12H18N2O3/c1-7(13)12(2,3)14-11(17)9-5-4-8(15)6-10(9)16/h4-7,15-16H,13H2,1-3H3,(H,14,17). The van der Waals surface area contributed by atoms with E-state index in [1.165, 1.54) is 12.1 Å². The van der Waals surface area contributed by atoms with Crippen LogP contribution in [-0.4, -0.2) is 27.7 Å². The van der Waals surface area contributed by atoms with E-state index in [-0.39, 0.29) is 23.1 Å². The highest BCUT2D eigenvalue weighted by Gasteiger charge is 2.26. The summed E-state index contributed by atoms with van der Waals surface area (Å²) in [5, 5.41) is 21.4. The van der Waals surface area contributed by atoms with E-state index in [0.717, 1.165) is 6.07 Å². The summed E-state index contributed by atoms with van der Waals surface area (Å²) in [7, 11) is 0. The second-order valence-electron chi connectivity index (χ2n) is 4.67. The third kappa shape index (κ3) is 3.10. The van der Waals surface area contributed by atoms with Crippen LogP contribution in [0.3, 0.4) is 0 Å². The van der Waals surface area contributed by atoms with Crippen molar-refractivity contribution in [3.8, 4) is 11.5 Å². The molecule has 0 spiro atoms. The smallest absolute Gasteiger partial charge is 0.255 e. The maximum atomic E-state index is 11.9. The Hall–Kier alpha value is -1.75. The van der Waals surface area contributed by atoms with E-state index in [0.29, 0.717) is 0 Å². The van der Waals surface area contributed by atoms with E-state index in [9.17, 15) is 9.90 Å². The van der Waals surface area contributed by atoms with Crippen molar-refractivity contribution in [3.05, 3.63) is 23.8 Å². The van der Waals surface area contributed by atoms with Crippen LogP contribution in [0.2, 0.25) is 0 Å². The van der Waals surface area contributed by atoms with Crippen molar-refractivity contribution < 1.29 is 15.0 Å². The number of rotatable bonds is 3. The molecule has 5 heteroatoms. The number of hydrogen-bond donors (Lipinski definition) is 4. The van der Waals surface area contributed by atoms with Gasteiger partial charge in [0.1, 0.15) is 11.5 Å². The van der Waals surface area contributed by atoms with Crippen LogP contribution < -0.4 is 11.1 Å². The Bertz CT molecular complexity index is 428. The SMILES string of the molecule is CC(N)C(C)(C)NC(=O)c1ccc(O)cc1O. The highest BCUT2D eigenvalue weighted by Crippen LogP contribution is 2.23. The van der Waals surface area contributed by atoms with Crippen LogP contribution >= 0.6 is 0 Å². The van der Waals surface area contributed by atoms with Gasteiger partial charge in [-0.25, -0.2) is 0 Å². The Labute approximate surface area is 100 Å². The lowest BCUT2D eigenvalue weighted by Gasteiger charge is -2.30. The zero-order chi connectivity index (χ0) is 13.2. The van der Waals surface area contributed by atoms with Crippen LogP contribution in [0.25, 0.3) is 0 Å². The minimum absolute atomic E-state index is 0.0921. The minimum atomic E-state index is -0.582. The van der Waals surface area contributed by atoms with E-state index in [4.69, 9.17) is 10.8 Å². The van der Waals surface area contributed by atoms with Crippen LogP contribution in [0.1, 0.15) is 31.1 Å². The highest BCUT2D eigenvalue weighted by atomic mass is 16.3. The summed E-state index contributed by atoms with van der Waals surface area (Å²) in [5.41, 5.74) is 5.27. The fraction of sp³-hybridized carbons (Fsp3) is 0.417. The third-order valence-electron chi connectivity index (χ3n) is 2.80. The molecule has 0 aliphatic carbocycles. The predicted octanol–water partition coefficient (Wildman–Crippen LogP) is 0.953. The number of carbonyl (C=O) groups is 1. The molecule has 17 heavy (non-hydrogen) atoms. The molecule has 1 aromatic rings. The molecule has 1 aromatic carbocycles. The lowest BCUT2D eigenvalue weighted by atomic mass is 9.96. The van der Waals surface area contributed by atoms with Crippen molar-refractivity contribution in [2.45, 2.75) is 32.4 Å². The van der Waals surface area contributed by atoms with Gasteiger partial charge in [0.15, 0.2) is 0 Å². The van der Waals surface area contributed by atoms with Crippen molar-refractivity contribution in [1.29, 1.82) is 0 Å². The number of hydrogen-bond acceptors (Lipinski definition) is 4. The Morgan fingerprint density at radius 1 is 1.41 bits per heavy atom.